The van der Waals surface area contributed by atoms with Crippen LogP contribution in [-0.2, 0) is 0 Å². The molecule has 2 aromatic rings. The molecule has 16 heavy (non-hydrogen) atoms. The van der Waals surface area contributed by atoms with E-state index in [1.807, 2.05) is 6.07 Å². The lowest BCUT2D eigenvalue weighted by Crippen LogP contribution is -2.14. The van der Waals surface area contributed by atoms with E-state index < -0.39 is 6.23 Å². The van der Waals surface area contributed by atoms with Gasteiger partial charge in [0.2, 0.25) is 0 Å². The van der Waals surface area contributed by atoms with Crippen LogP contribution >= 0.6 is 0 Å². The first-order valence-electron chi connectivity index (χ1n) is 5.03. The number of hydrogen-bond acceptors (Lipinski definition) is 3. The number of nitrogens with one attached hydrogen (secondary N) is 1. The number of carbonyl (C=O) groups is 1. The summed E-state index contributed by atoms with van der Waals surface area (Å²) in [6.07, 6.45) is 0.799. The van der Waals surface area contributed by atoms with Crippen molar-refractivity contribution in [2.24, 2.45) is 0 Å². The van der Waals surface area contributed by atoms with Crippen molar-refractivity contribution in [2.75, 3.05) is 5.32 Å². The fourth-order valence-electron chi connectivity index (χ4n) is 1.95. The van der Waals surface area contributed by atoms with Crippen LogP contribution in [-0.4, -0.2) is 15.6 Å². The zero-order valence-electron chi connectivity index (χ0n) is 8.42. The normalized spacial score (nSPS) is 18.3. The number of benzene rings is 1. The van der Waals surface area contributed by atoms with Gasteiger partial charge in [-0.1, -0.05) is 12.1 Å². The van der Waals surface area contributed by atoms with E-state index >= 15 is 0 Å². The summed E-state index contributed by atoms with van der Waals surface area (Å²) in [6.45, 7) is 0. The van der Waals surface area contributed by atoms with Crippen LogP contribution in [0.1, 0.15) is 22.3 Å². The topological polar surface area (TPSA) is 54.3 Å². The first-order valence-corrected chi connectivity index (χ1v) is 5.03. The van der Waals surface area contributed by atoms with Crippen LogP contribution in [0.4, 0.5) is 5.69 Å². The van der Waals surface area contributed by atoms with E-state index in [-0.39, 0.29) is 5.91 Å². The van der Waals surface area contributed by atoms with Gasteiger partial charge in [0, 0.05) is 11.9 Å². The van der Waals surface area contributed by atoms with Crippen LogP contribution in [0.15, 0.2) is 42.6 Å². The average molecular weight is 214 g/mol. The Bertz CT molecular complexity index is 560. The lowest BCUT2D eigenvalue weighted by atomic mass is 10.1. The first-order chi connectivity index (χ1) is 7.77. The zero-order valence-corrected chi connectivity index (χ0v) is 8.42. The van der Waals surface area contributed by atoms with E-state index in [0.29, 0.717) is 16.9 Å². The maximum absolute atomic E-state index is 12.1. The van der Waals surface area contributed by atoms with Gasteiger partial charge in [0.1, 0.15) is 0 Å². The lowest BCUT2D eigenvalue weighted by Gasteiger charge is -2.11. The van der Waals surface area contributed by atoms with E-state index in [4.69, 9.17) is 0 Å². The van der Waals surface area contributed by atoms with E-state index in [9.17, 15) is 9.90 Å². The van der Waals surface area contributed by atoms with Crippen LogP contribution < -0.4 is 5.32 Å². The number of aromatic nitrogens is 1. The summed E-state index contributed by atoms with van der Waals surface area (Å²) in [5.41, 5.74) is 1.78. The van der Waals surface area contributed by atoms with Crippen LogP contribution in [0.2, 0.25) is 0 Å². The molecular formula is C12H10N2O2. The van der Waals surface area contributed by atoms with Gasteiger partial charge >= 0.3 is 0 Å². The number of fused-ring (bicyclic) bond motifs is 2. The Balaban J connectivity index is 2.25. The van der Waals surface area contributed by atoms with Gasteiger partial charge in [-0.25, -0.2) is 0 Å². The fraction of sp³-hybridized carbons (Fsp3) is 0.0833. The number of aliphatic hydroxyl groups excluding tert-OH is 1. The molecule has 1 aromatic carbocycles. The molecule has 1 aliphatic rings. The molecule has 0 amide bonds. The van der Waals surface area contributed by atoms with E-state index in [1.165, 1.54) is 4.57 Å². The molecule has 3 rings (SSSR count). The van der Waals surface area contributed by atoms with Crippen LogP contribution in [0.25, 0.3) is 0 Å². The second-order valence-electron chi connectivity index (χ2n) is 3.70. The molecule has 0 saturated carbocycles. The minimum absolute atomic E-state index is 0.125. The number of nitrogens with zero attached hydrogens (tertiary/aromatic N) is 1. The van der Waals surface area contributed by atoms with Gasteiger partial charge in [-0.15, -0.1) is 0 Å². The van der Waals surface area contributed by atoms with Crippen molar-refractivity contribution >= 4 is 11.6 Å². The quantitative estimate of drug-likeness (QED) is 0.700. The smallest absolute Gasteiger partial charge is 0.264 e. The summed E-state index contributed by atoms with van der Waals surface area (Å²) in [6, 6.07) is 10.6. The standard InChI is InChI=1S/C12H10N2O2/c15-11-10-6-3-7-14(10)12(16)8-4-1-2-5-9(8)13-11/h1-7,11,13,15H/t11-/m0/s1. The molecule has 0 fully saturated rings. The largest absolute Gasteiger partial charge is 0.368 e. The molecule has 0 radical (unpaired) electrons. The third-order valence-corrected chi connectivity index (χ3v) is 2.73. The van der Waals surface area contributed by atoms with Crippen molar-refractivity contribution in [3.8, 4) is 0 Å². The van der Waals surface area contributed by atoms with Crippen molar-refractivity contribution < 1.29 is 9.90 Å². The first kappa shape index (κ1) is 9.18. The van der Waals surface area contributed by atoms with Gasteiger partial charge in [0.15, 0.2) is 6.23 Å². The van der Waals surface area contributed by atoms with E-state index in [2.05, 4.69) is 5.32 Å². The zero-order chi connectivity index (χ0) is 11.1. The molecular weight excluding hydrogens is 204 g/mol. The van der Waals surface area contributed by atoms with E-state index in [1.54, 1.807) is 36.5 Å². The Hall–Kier alpha value is -2.07. The van der Waals surface area contributed by atoms with Crippen LogP contribution in [0.5, 0.6) is 0 Å². The number of rotatable bonds is 0. The molecule has 1 atom stereocenters. The van der Waals surface area contributed by atoms with Gasteiger partial charge in [0.05, 0.1) is 11.3 Å². The highest BCUT2D eigenvalue weighted by molar-refractivity contribution is 6.02. The number of anilines is 1. The summed E-state index contributed by atoms with van der Waals surface area (Å²) in [5, 5.41) is 12.8. The molecule has 2 heterocycles. The lowest BCUT2D eigenvalue weighted by molar-refractivity contribution is 0.0950. The van der Waals surface area contributed by atoms with Gasteiger partial charge < -0.3 is 10.4 Å². The van der Waals surface area contributed by atoms with Crippen molar-refractivity contribution in [3.05, 3.63) is 53.9 Å². The van der Waals surface area contributed by atoms with Gasteiger partial charge in [-0.2, -0.15) is 0 Å². The number of hydrogen-bond donors (Lipinski definition) is 2. The molecule has 1 aliphatic heterocycles. The van der Waals surface area contributed by atoms with Crippen molar-refractivity contribution in [2.45, 2.75) is 6.23 Å². The monoisotopic (exact) mass is 214 g/mol. The number of carbonyl (C=O) groups excluding carboxylic acids is 1. The van der Waals surface area contributed by atoms with Crippen LogP contribution in [0, 0.1) is 0 Å². The Morgan fingerprint density at radius 2 is 2.00 bits per heavy atom. The fourth-order valence-corrected chi connectivity index (χ4v) is 1.95. The highest BCUT2D eigenvalue weighted by Gasteiger charge is 2.24. The number of para-hydroxylation sites is 1. The predicted molar refractivity (Wildman–Crippen MR) is 59.2 cm³/mol. The van der Waals surface area contributed by atoms with Crippen molar-refractivity contribution in [1.29, 1.82) is 0 Å². The molecule has 80 valence electrons. The highest BCUT2D eigenvalue weighted by Crippen LogP contribution is 2.26. The third kappa shape index (κ3) is 1.17. The molecule has 0 bridgehead atoms. The summed E-state index contributed by atoms with van der Waals surface area (Å²) >= 11 is 0. The molecule has 4 heteroatoms. The Kier molecular flexibility index (Phi) is 1.84. The molecule has 0 saturated heterocycles. The molecule has 2 N–H and O–H groups in total. The molecule has 0 spiro atoms. The van der Waals surface area contributed by atoms with Crippen LogP contribution in [0.3, 0.4) is 0 Å². The minimum Gasteiger partial charge on any atom is -0.368 e. The summed E-state index contributed by atoms with van der Waals surface area (Å²) in [4.78, 5) is 12.1. The molecule has 0 unspecified atom stereocenters. The maximum atomic E-state index is 12.1. The van der Waals surface area contributed by atoms with Gasteiger partial charge in [-0.3, -0.25) is 9.36 Å². The molecule has 4 nitrogen and oxygen atoms in total. The second kappa shape index (κ2) is 3.21. The third-order valence-electron chi connectivity index (χ3n) is 2.73. The number of aliphatic hydroxyl groups is 1. The molecule has 0 aliphatic carbocycles. The maximum Gasteiger partial charge on any atom is 0.264 e. The van der Waals surface area contributed by atoms with Crippen molar-refractivity contribution in [1.82, 2.24) is 4.57 Å². The Morgan fingerprint density at radius 3 is 2.88 bits per heavy atom. The minimum atomic E-state index is -0.859. The van der Waals surface area contributed by atoms with Gasteiger partial charge in [-0.05, 0) is 24.3 Å². The summed E-state index contributed by atoms with van der Waals surface area (Å²) in [7, 11) is 0. The Labute approximate surface area is 92.1 Å². The second-order valence-corrected chi connectivity index (χ2v) is 3.70. The Morgan fingerprint density at radius 1 is 1.19 bits per heavy atom. The SMILES string of the molecule is O=C1c2ccccc2N[C@@H](O)c2cccn21. The summed E-state index contributed by atoms with van der Waals surface area (Å²) in [5.74, 6) is -0.125. The van der Waals surface area contributed by atoms with Crippen molar-refractivity contribution in [3.63, 3.8) is 0 Å². The molecule has 1 aromatic heterocycles. The van der Waals surface area contributed by atoms with Gasteiger partial charge in [0.25, 0.3) is 5.91 Å². The van der Waals surface area contributed by atoms with E-state index in [0.717, 1.165) is 0 Å². The average Bonchev–Trinajstić information content (AvgIpc) is 2.74. The summed E-state index contributed by atoms with van der Waals surface area (Å²) < 4.78 is 1.46. The predicted octanol–water partition coefficient (Wildman–Crippen LogP) is 1.59. The highest BCUT2D eigenvalue weighted by atomic mass is 16.3.